The fourth-order valence-corrected chi connectivity index (χ4v) is 3.29. The lowest BCUT2D eigenvalue weighted by Gasteiger charge is -2.17. The summed E-state index contributed by atoms with van der Waals surface area (Å²) in [5, 5.41) is 6.95. The van der Waals surface area contributed by atoms with Crippen molar-refractivity contribution in [2.75, 3.05) is 19.0 Å². The summed E-state index contributed by atoms with van der Waals surface area (Å²) in [6.07, 6.45) is 1.32. The number of anilines is 1. The summed E-state index contributed by atoms with van der Waals surface area (Å²) in [5.74, 6) is 1.00. The maximum atomic E-state index is 13.0. The number of hydrogen-bond acceptors (Lipinski definition) is 6. The zero-order valence-electron chi connectivity index (χ0n) is 16.3. The molecule has 0 saturated carbocycles. The minimum atomic E-state index is -0.260. The molecular formula is C21H23FN4O2S. The van der Waals surface area contributed by atoms with Crippen LogP contribution in [0, 0.1) is 5.82 Å². The first-order valence-electron chi connectivity index (χ1n) is 9.33. The van der Waals surface area contributed by atoms with Crippen LogP contribution in [0.1, 0.15) is 35.1 Å². The van der Waals surface area contributed by atoms with Crippen molar-refractivity contribution in [2.45, 2.75) is 25.8 Å². The van der Waals surface area contributed by atoms with Gasteiger partial charge in [0.15, 0.2) is 0 Å². The van der Waals surface area contributed by atoms with Crippen LogP contribution in [-0.2, 0) is 6.42 Å². The molecule has 0 saturated heterocycles. The molecule has 1 atom stereocenters. The molecule has 6 nitrogen and oxygen atoms in total. The van der Waals surface area contributed by atoms with Gasteiger partial charge in [0.05, 0.1) is 7.11 Å². The maximum Gasteiger partial charge on any atom is 0.251 e. The normalized spacial score (nSPS) is 11.7. The molecule has 1 unspecified atom stereocenters. The molecular weight excluding hydrogens is 391 g/mol. The van der Waals surface area contributed by atoms with Gasteiger partial charge in [0.2, 0.25) is 5.13 Å². The molecule has 2 N–H and O–H groups in total. The number of amides is 1. The molecule has 0 bridgehead atoms. The van der Waals surface area contributed by atoms with Crippen LogP contribution in [0.25, 0.3) is 0 Å². The van der Waals surface area contributed by atoms with Crippen molar-refractivity contribution in [3.63, 3.8) is 0 Å². The van der Waals surface area contributed by atoms with E-state index in [9.17, 15) is 9.18 Å². The number of nitrogens with one attached hydrogen (secondary N) is 2. The standard InChI is InChI=1S/C21H23FN4O2S/c1-3-17(24-20(27)15-6-10-18(28-2)11-7-15)13-23-21-25-19(26-29-21)12-14-4-8-16(22)9-5-14/h4-11,17H,3,12-13H2,1-2H3,(H,24,27)(H,23,25,26). The number of nitrogens with zero attached hydrogens (tertiary/aromatic N) is 2. The molecule has 0 aliphatic heterocycles. The van der Waals surface area contributed by atoms with Crippen LogP contribution in [0.3, 0.4) is 0 Å². The molecule has 1 heterocycles. The lowest BCUT2D eigenvalue weighted by Crippen LogP contribution is -2.39. The Morgan fingerprint density at radius 1 is 1.17 bits per heavy atom. The Kier molecular flexibility index (Phi) is 7.13. The number of rotatable bonds is 9. The van der Waals surface area contributed by atoms with Crippen molar-refractivity contribution < 1.29 is 13.9 Å². The molecule has 8 heteroatoms. The first kappa shape index (κ1) is 20.7. The van der Waals surface area contributed by atoms with E-state index in [1.54, 1.807) is 43.5 Å². The minimum absolute atomic E-state index is 0.0472. The number of hydrogen-bond donors (Lipinski definition) is 2. The topological polar surface area (TPSA) is 76.1 Å². The number of benzene rings is 2. The van der Waals surface area contributed by atoms with Crippen LogP contribution in [0.15, 0.2) is 48.5 Å². The third-order valence-electron chi connectivity index (χ3n) is 4.42. The lowest BCUT2D eigenvalue weighted by atomic mass is 10.1. The van der Waals surface area contributed by atoms with E-state index in [-0.39, 0.29) is 17.8 Å². The predicted molar refractivity (Wildman–Crippen MR) is 112 cm³/mol. The van der Waals surface area contributed by atoms with Crippen LogP contribution in [-0.4, -0.2) is 35.0 Å². The number of carbonyl (C=O) groups excluding carboxylic acids is 1. The fraction of sp³-hybridized carbons (Fsp3) is 0.286. The summed E-state index contributed by atoms with van der Waals surface area (Å²) in [6.45, 7) is 2.56. The van der Waals surface area contributed by atoms with Crippen molar-refractivity contribution in [1.82, 2.24) is 14.7 Å². The second-order valence-corrected chi connectivity index (χ2v) is 7.26. The molecule has 3 rings (SSSR count). The van der Waals surface area contributed by atoms with Gasteiger partial charge in [0.1, 0.15) is 17.4 Å². The molecule has 152 valence electrons. The van der Waals surface area contributed by atoms with E-state index < -0.39 is 0 Å². The van der Waals surface area contributed by atoms with Gasteiger partial charge in [0.25, 0.3) is 5.91 Å². The summed E-state index contributed by atoms with van der Waals surface area (Å²) >= 11 is 1.27. The molecule has 0 fully saturated rings. The average molecular weight is 415 g/mol. The van der Waals surface area contributed by atoms with Gasteiger partial charge in [-0.2, -0.15) is 4.37 Å². The molecule has 0 spiro atoms. The van der Waals surface area contributed by atoms with E-state index >= 15 is 0 Å². The van der Waals surface area contributed by atoms with E-state index in [2.05, 4.69) is 20.0 Å². The molecule has 29 heavy (non-hydrogen) atoms. The molecule has 3 aromatic rings. The monoisotopic (exact) mass is 414 g/mol. The zero-order valence-corrected chi connectivity index (χ0v) is 17.1. The van der Waals surface area contributed by atoms with Gasteiger partial charge in [-0.05, 0) is 48.4 Å². The van der Waals surface area contributed by atoms with Crippen molar-refractivity contribution in [1.29, 1.82) is 0 Å². The zero-order chi connectivity index (χ0) is 20.6. The summed E-state index contributed by atoms with van der Waals surface area (Å²) in [4.78, 5) is 16.9. The van der Waals surface area contributed by atoms with Gasteiger partial charge in [-0.15, -0.1) is 0 Å². The second-order valence-electron chi connectivity index (χ2n) is 6.51. The minimum Gasteiger partial charge on any atom is -0.497 e. The van der Waals surface area contributed by atoms with Gasteiger partial charge >= 0.3 is 0 Å². The summed E-state index contributed by atoms with van der Waals surface area (Å²) in [7, 11) is 1.59. The van der Waals surface area contributed by atoms with Crippen LogP contribution in [0.4, 0.5) is 9.52 Å². The highest BCUT2D eigenvalue weighted by Gasteiger charge is 2.13. The molecule has 0 aliphatic rings. The largest absolute Gasteiger partial charge is 0.497 e. The third kappa shape index (κ3) is 5.99. The first-order chi connectivity index (χ1) is 14.1. The Hall–Kier alpha value is -3.00. The first-order valence-corrected chi connectivity index (χ1v) is 10.1. The average Bonchev–Trinajstić information content (AvgIpc) is 3.20. The van der Waals surface area contributed by atoms with Gasteiger partial charge < -0.3 is 15.4 Å². The Morgan fingerprint density at radius 2 is 1.90 bits per heavy atom. The molecule has 0 aliphatic carbocycles. The van der Waals surface area contributed by atoms with Crippen LogP contribution in [0.2, 0.25) is 0 Å². The third-order valence-corrected chi connectivity index (χ3v) is 5.13. The maximum absolute atomic E-state index is 13.0. The number of methoxy groups -OCH3 is 1. The molecule has 0 radical (unpaired) electrons. The van der Waals surface area contributed by atoms with Crippen LogP contribution < -0.4 is 15.4 Å². The molecule has 1 amide bonds. The fourth-order valence-electron chi connectivity index (χ4n) is 2.70. The number of carbonyl (C=O) groups is 1. The number of halogens is 1. The Bertz CT molecular complexity index is 929. The van der Waals surface area contributed by atoms with E-state index in [0.717, 1.165) is 12.0 Å². The summed E-state index contributed by atoms with van der Waals surface area (Å²) < 4.78 is 22.4. The molecule has 2 aromatic carbocycles. The van der Waals surface area contributed by atoms with Crippen LogP contribution >= 0.6 is 11.5 Å². The van der Waals surface area contributed by atoms with Gasteiger partial charge in [0, 0.05) is 36.1 Å². The van der Waals surface area contributed by atoms with E-state index in [0.29, 0.717) is 35.2 Å². The lowest BCUT2D eigenvalue weighted by molar-refractivity contribution is 0.0938. The number of ether oxygens (including phenoxy) is 1. The Morgan fingerprint density at radius 3 is 2.55 bits per heavy atom. The Balaban J connectivity index is 1.51. The van der Waals surface area contributed by atoms with Gasteiger partial charge in [-0.3, -0.25) is 4.79 Å². The van der Waals surface area contributed by atoms with Crippen molar-refractivity contribution in [2.24, 2.45) is 0 Å². The highest BCUT2D eigenvalue weighted by atomic mass is 32.1. The van der Waals surface area contributed by atoms with E-state index in [4.69, 9.17) is 4.74 Å². The summed E-state index contributed by atoms with van der Waals surface area (Å²) in [5.41, 5.74) is 1.54. The van der Waals surface area contributed by atoms with Crippen molar-refractivity contribution >= 4 is 22.6 Å². The van der Waals surface area contributed by atoms with Crippen LogP contribution in [0.5, 0.6) is 5.75 Å². The second kappa shape index (κ2) is 9.97. The van der Waals surface area contributed by atoms with E-state index in [1.807, 2.05) is 6.92 Å². The Labute approximate surface area is 173 Å². The highest BCUT2D eigenvalue weighted by Crippen LogP contribution is 2.15. The summed E-state index contributed by atoms with van der Waals surface area (Å²) in [6, 6.07) is 13.3. The quantitative estimate of drug-likeness (QED) is 0.555. The smallest absolute Gasteiger partial charge is 0.251 e. The highest BCUT2D eigenvalue weighted by molar-refractivity contribution is 7.09. The SMILES string of the molecule is CCC(CNc1nc(Cc2ccc(F)cc2)ns1)NC(=O)c1ccc(OC)cc1. The number of aromatic nitrogens is 2. The molecule has 1 aromatic heterocycles. The van der Waals surface area contributed by atoms with Crippen molar-refractivity contribution in [3.05, 3.63) is 71.3 Å². The van der Waals surface area contributed by atoms with Crippen molar-refractivity contribution in [3.8, 4) is 5.75 Å². The predicted octanol–water partition coefficient (Wildman–Crippen LogP) is 3.90. The van der Waals surface area contributed by atoms with Gasteiger partial charge in [-0.1, -0.05) is 19.1 Å². The van der Waals surface area contributed by atoms with Gasteiger partial charge in [-0.25, -0.2) is 9.37 Å². The van der Waals surface area contributed by atoms with E-state index in [1.165, 1.54) is 23.7 Å².